The lowest BCUT2D eigenvalue weighted by Gasteiger charge is -2.50. The standard InChI is InChI=1S/C21H20N4O4S/c22-16(12-6-2-1-3-7-12)19(26)24-17-13-9-10-14(30-15-8-4-5-11-23-15)18(21(28)29)25(13)20(17)27/h1-8,11,13,16-17H,9-10,22H2,(H,24,26)(H,28,29)/t13-,16-,17+/m1/s1. The summed E-state index contributed by atoms with van der Waals surface area (Å²) in [5, 5.41) is 13.1. The summed E-state index contributed by atoms with van der Waals surface area (Å²) in [7, 11) is 0. The van der Waals surface area contributed by atoms with Crippen molar-refractivity contribution >= 4 is 29.5 Å². The lowest BCUT2D eigenvalue weighted by molar-refractivity contribution is -0.156. The van der Waals surface area contributed by atoms with Crippen LogP contribution in [0.4, 0.5) is 0 Å². The van der Waals surface area contributed by atoms with Crippen LogP contribution in [-0.4, -0.2) is 44.9 Å². The number of hydrogen-bond donors (Lipinski definition) is 3. The van der Waals surface area contributed by atoms with Gasteiger partial charge in [-0.15, -0.1) is 0 Å². The molecule has 0 spiro atoms. The van der Waals surface area contributed by atoms with E-state index in [-0.39, 0.29) is 5.70 Å². The minimum absolute atomic E-state index is 0.0373. The smallest absolute Gasteiger partial charge is 0.353 e. The molecule has 154 valence electrons. The number of carbonyl (C=O) groups is 3. The molecule has 1 aromatic carbocycles. The fourth-order valence-electron chi connectivity index (χ4n) is 3.72. The van der Waals surface area contributed by atoms with Crippen molar-refractivity contribution in [3.8, 4) is 0 Å². The summed E-state index contributed by atoms with van der Waals surface area (Å²) in [6, 6.07) is 12.2. The third-order valence-electron chi connectivity index (χ3n) is 5.20. The van der Waals surface area contributed by atoms with Gasteiger partial charge in [-0.05, 0) is 30.5 Å². The van der Waals surface area contributed by atoms with Crippen molar-refractivity contribution in [2.75, 3.05) is 0 Å². The van der Waals surface area contributed by atoms with E-state index in [9.17, 15) is 19.5 Å². The van der Waals surface area contributed by atoms with Gasteiger partial charge in [0.25, 0.3) is 5.91 Å². The molecule has 0 unspecified atom stereocenters. The Morgan fingerprint density at radius 3 is 2.60 bits per heavy atom. The molecule has 3 heterocycles. The summed E-state index contributed by atoms with van der Waals surface area (Å²) < 4.78 is 0. The highest BCUT2D eigenvalue weighted by atomic mass is 32.2. The fraction of sp³-hybridized carbons (Fsp3) is 0.238. The van der Waals surface area contributed by atoms with Gasteiger partial charge in [0.2, 0.25) is 5.91 Å². The number of aromatic nitrogens is 1. The molecule has 0 bridgehead atoms. The number of benzene rings is 1. The number of carboxylic acid groups (broad SMARTS) is 1. The number of aliphatic carboxylic acids is 1. The molecule has 1 aromatic heterocycles. The van der Waals surface area contributed by atoms with Crippen LogP contribution in [-0.2, 0) is 14.4 Å². The summed E-state index contributed by atoms with van der Waals surface area (Å²) in [6.07, 6.45) is 2.66. The van der Waals surface area contributed by atoms with Crippen molar-refractivity contribution in [3.05, 3.63) is 70.9 Å². The number of fused-ring (bicyclic) bond motifs is 1. The van der Waals surface area contributed by atoms with Gasteiger partial charge in [-0.25, -0.2) is 9.78 Å². The quantitative estimate of drug-likeness (QED) is 0.602. The fourth-order valence-corrected chi connectivity index (χ4v) is 4.73. The maximum absolute atomic E-state index is 12.8. The molecule has 2 amide bonds. The van der Waals surface area contributed by atoms with Crippen molar-refractivity contribution < 1.29 is 19.5 Å². The van der Waals surface area contributed by atoms with E-state index in [1.165, 1.54) is 16.7 Å². The topological polar surface area (TPSA) is 126 Å². The summed E-state index contributed by atoms with van der Waals surface area (Å²) in [4.78, 5) is 43.3. The average molecular weight is 424 g/mol. The van der Waals surface area contributed by atoms with Crippen LogP contribution in [0.5, 0.6) is 0 Å². The molecular formula is C21H20N4O4S. The molecule has 3 atom stereocenters. The molecule has 2 aromatic rings. The number of nitrogens with one attached hydrogen (secondary N) is 1. The molecule has 0 aliphatic carbocycles. The van der Waals surface area contributed by atoms with Crippen LogP contribution in [0.3, 0.4) is 0 Å². The van der Waals surface area contributed by atoms with Gasteiger partial charge in [0.15, 0.2) is 0 Å². The van der Waals surface area contributed by atoms with Crippen LogP contribution in [0.25, 0.3) is 0 Å². The molecule has 8 nitrogen and oxygen atoms in total. The van der Waals surface area contributed by atoms with Gasteiger partial charge in [0.05, 0.1) is 6.04 Å². The third-order valence-corrected chi connectivity index (χ3v) is 6.29. The lowest BCUT2D eigenvalue weighted by atomic mass is 9.86. The zero-order valence-corrected chi connectivity index (χ0v) is 16.7. The Morgan fingerprint density at radius 1 is 1.20 bits per heavy atom. The van der Waals surface area contributed by atoms with Crippen molar-refractivity contribution in [2.45, 2.75) is 36.0 Å². The Kier molecular flexibility index (Phi) is 5.56. The Morgan fingerprint density at radius 2 is 1.93 bits per heavy atom. The largest absolute Gasteiger partial charge is 0.477 e. The second-order valence-corrected chi connectivity index (χ2v) is 8.15. The maximum atomic E-state index is 12.8. The highest BCUT2D eigenvalue weighted by Gasteiger charge is 2.53. The molecule has 4 rings (SSSR count). The van der Waals surface area contributed by atoms with Gasteiger partial charge in [-0.2, -0.15) is 0 Å². The number of β-lactam (4-membered cyclic amide) rings is 1. The minimum atomic E-state index is -1.17. The van der Waals surface area contributed by atoms with Crippen molar-refractivity contribution in [2.24, 2.45) is 5.73 Å². The van der Waals surface area contributed by atoms with E-state index in [1.807, 2.05) is 12.1 Å². The first-order valence-electron chi connectivity index (χ1n) is 9.46. The Hall–Kier alpha value is -3.17. The number of rotatable bonds is 6. The van der Waals surface area contributed by atoms with Crippen LogP contribution in [0.15, 0.2) is 70.4 Å². The van der Waals surface area contributed by atoms with Crippen molar-refractivity contribution in [1.82, 2.24) is 15.2 Å². The maximum Gasteiger partial charge on any atom is 0.353 e. The van der Waals surface area contributed by atoms with Crippen LogP contribution in [0, 0.1) is 0 Å². The molecule has 1 fully saturated rings. The number of amides is 2. The van der Waals surface area contributed by atoms with Gasteiger partial charge < -0.3 is 16.2 Å². The number of nitrogens with zero attached hydrogens (tertiary/aromatic N) is 2. The second kappa shape index (κ2) is 8.29. The molecule has 0 saturated carbocycles. The van der Waals surface area contributed by atoms with Crippen LogP contribution >= 0.6 is 11.8 Å². The first-order chi connectivity index (χ1) is 14.5. The van der Waals surface area contributed by atoms with Crippen LogP contribution < -0.4 is 11.1 Å². The number of allylic oxidation sites excluding steroid dienone is 1. The summed E-state index contributed by atoms with van der Waals surface area (Å²) in [5.41, 5.74) is 6.62. The minimum Gasteiger partial charge on any atom is -0.477 e. The van der Waals surface area contributed by atoms with E-state index in [4.69, 9.17) is 5.73 Å². The van der Waals surface area contributed by atoms with E-state index in [1.54, 1.807) is 42.6 Å². The molecule has 4 N–H and O–H groups in total. The summed E-state index contributed by atoms with van der Waals surface area (Å²) in [6.45, 7) is 0. The first-order valence-corrected chi connectivity index (χ1v) is 10.3. The van der Waals surface area contributed by atoms with Crippen LogP contribution in [0.1, 0.15) is 24.4 Å². The van der Waals surface area contributed by atoms with E-state index in [0.29, 0.717) is 28.3 Å². The number of thioether (sulfide) groups is 1. The molecule has 30 heavy (non-hydrogen) atoms. The normalized spacial score (nSPS) is 21.5. The predicted molar refractivity (Wildman–Crippen MR) is 110 cm³/mol. The first kappa shape index (κ1) is 20.1. The monoisotopic (exact) mass is 424 g/mol. The molecule has 2 aliphatic rings. The Labute approximate surface area is 177 Å². The highest BCUT2D eigenvalue weighted by Crippen LogP contribution is 2.42. The zero-order valence-electron chi connectivity index (χ0n) is 15.9. The van der Waals surface area contributed by atoms with E-state index in [2.05, 4.69) is 10.3 Å². The Bertz CT molecular complexity index is 1010. The van der Waals surface area contributed by atoms with Gasteiger partial charge in [-0.1, -0.05) is 48.2 Å². The van der Waals surface area contributed by atoms with Crippen molar-refractivity contribution in [1.29, 1.82) is 0 Å². The van der Waals surface area contributed by atoms with E-state index >= 15 is 0 Å². The molecular weight excluding hydrogens is 404 g/mol. The number of carbonyl (C=O) groups excluding carboxylic acids is 2. The average Bonchev–Trinajstić information content (AvgIpc) is 2.77. The SMILES string of the molecule is N[C@@H](C(=O)N[C@@H]1C(=O)N2C(C(=O)O)=C(Sc3ccccn3)CC[C@H]12)c1ccccc1. The lowest BCUT2D eigenvalue weighted by Crippen LogP contribution is -2.72. The molecule has 1 saturated heterocycles. The van der Waals surface area contributed by atoms with E-state index in [0.717, 1.165) is 0 Å². The zero-order chi connectivity index (χ0) is 21.3. The van der Waals surface area contributed by atoms with Crippen LogP contribution in [0.2, 0.25) is 0 Å². The Balaban J connectivity index is 1.50. The number of nitrogens with two attached hydrogens (primary N) is 1. The van der Waals surface area contributed by atoms with Gasteiger partial charge in [0.1, 0.15) is 22.8 Å². The second-order valence-electron chi connectivity index (χ2n) is 7.04. The molecule has 2 aliphatic heterocycles. The molecule has 9 heteroatoms. The summed E-state index contributed by atoms with van der Waals surface area (Å²) >= 11 is 1.25. The number of pyridine rings is 1. The van der Waals surface area contributed by atoms with Gasteiger partial charge >= 0.3 is 5.97 Å². The van der Waals surface area contributed by atoms with Gasteiger partial charge in [0, 0.05) is 11.1 Å². The third kappa shape index (κ3) is 3.69. The molecule has 0 radical (unpaired) electrons. The highest BCUT2D eigenvalue weighted by molar-refractivity contribution is 8.03. The number of carboxylic acids is 1. The van der Waals surface area contributed by atoms with E-state index < -0.39 is 35.9 Å². The van der Waals surface area contributed by atoms with Gasteiger partial charge in [-0.3, -0.25) is 14.5 Å². The number of hydrogen-bond acceptors (Lipinski definition) is 6. The van der Waals surface area contributed by atoms with Crippen molar-refractivity contribution in [3.63, 3.8) is 0 Å². The predicted octanol–water partition coefficient (Wildman–Crippen LogP) is 1.66. The summed E-state index contributed by atoms with van der Waals surface area (Å²) in [5.74, 6) is -2.07.